The summed E-state index contributed by atoms with van der Waals surface area (Å²) in [6, 6.07) is 9.05. The van der Waals surface area contributed by atoms with Crippen LogP contribution in [0, 0.1) is 0 Å². The molecule has 0 fully saturated rings. The van der Waals surface area contributed by atoms with Crippen LogP contribution in [-0.4, -0.2) is 24.9 Å². The number of thiophene rings is 1. The number of halogens is 1. The Hall–Kier alpha value is -1.72. The van der Waals surface area contributed by atoms with E-state index in [1.807, 2.05) is 12.1 Å². The van der Waals surface area contributed by atoms with Gasteiger partial charge in [-0.15, -0.1) is 11.3 Å². The van der Waals surface area contributed by atoms with Crippen LogP contribution >= 0.6 is 22.9 Å². The van der Waals surface area contributed by atoms with Gasteiger partial charge in [-0.25, -0.2) is 0 Å². The van der Waals surface area contributed by atoms with Crippen LogP contribution in [-0.2, 0) is 6.54 Å². The Kier molecular flexibility index (Phi) is 4.52. The van der Waals surface area contributed by atoms with Crippen LogP contribution in [0.4, 0.5) is 11.4 Å². The highest BCUT2D eigenvalue weighted by molar-refractivity contribution is 7.16. The molecule has 0 spiro atoms. The van der Waals surface area contributed by atoms with Gasteiger partial charge in [0.1, 0.15) is 0 Å². The number of benzene rings is 1. The predicted octanol–water partition coefficient (Wildman–Crippen LogP) is 3.30. The molecule has 1 heterocycles. The Morgan fingerprint density at radius 1 is 1.35 bits per heavy atom. The van der Waals surface area contributed by atoms with Crippen LogP contribution in [0.25, 0.3) is 0 Å². The molecule has 0 aliphatic rings. The van der Waals surface area contributed by atoms with Crippen molar-refractivity contribution < 1.29 is 4.79 Å². The summed E-state index contributed by atoms with van der Waals surface area (Å²) < 4.78 is 0.749. The zero-order valence-electron chi connectivity index (χ0n) is 11.3. The van der Waals surface area contributed by atoms with Crippen molar-refractivity contribution in [2.24, 2.45) is 0 Å². The third kappa shape index (κ3) is 3.43. The van der Waals surface area contributed by atoms with Gasteiger partial charge < -0.3 is 16.0 Å². The summed E-state index contributed by atoms with van der Waals surface area (Å²) in [5.74, 6) is -0.0586. The number of amides is 1. The first-order chi connectivity index (χ1) is 9.47. The molecule has 0 aliphatic heterocycles. The van der Waals surface area contributed by atoms with Crippen molar-refractivity contribution in [1.29, 1.82) is 0 Å². The van der Waals surface area contributed by atoms with Crippen LogP contribution in [0.3, 0.4) is 0 Å². The van der Waals surface area contributed by atoms with Crippen molar-refractivity contribution in [2.75, 3.05) is 25.1 Å². The average molecular weight is 310 g/mol. The zero-order valence-corrected chi connectivity index (χ0v) is 12.9. The Balaban J connectivity index is 2.21. The molecule has 0 bridgehead atoms. The van der Waals surface area contributed by atoms with E-state index in [1.54, 1.807) is 37.2 Å². The number of hydrogen-bond donors (Lipinski definition) is 2. The summed E-state index contributed by atoms with van der Waals surface area (Å²) in [5, 5.41) is 3.24. The summed E-state index contributed by atoms with van der Waals surface area (Å²) >= 11 is 7.41. The van der Waals surface area contributed by atoms with Gasteiger partial charge in [0.05, 0.1) is 9.90 Å². The summed E-state index contributed by atoms with van der Waals surface area (Å²) in [6.45, 7) is 0.606. The minimum Gasteiger partial charge on any atom is -0.399 e. The number of nitrogens with two attached hydrogens (primary N) is 1. The van der Waals surface area contributed by atoms with E-state index in [1.165, 1.54) is 11.3 Å². The van der Waals surface area contributed by atoms with Crippen molar-refractivity contribution in [3.8, 4) is 0 Å². The lowest BCUT2D eigenvalue weighted by Gasteiger charge is -2.15. The maximum Gasteiger partial charge on any atom is 0.255 e. The summed E-state index contributed by atoms with van der Waals surface area (Å²) in [4.78, 5) is 14.8. The molecule has 20 heavy (non-hydrogen) atoms. The topological polar surface area (TPSA) is 58.4 Å². The molecule has 0 radical (unpaired) electrons. The van der Waals surface area contributed by atoms with Crippen LogP contribution in [0.2, 0.25) is 4.34 Å². The Morgan fingerprint density at radius 2 is 2.10 bits per heavy atom. The lowest BCUT2D eigenvalue weighted by atomic mass is 10.1. The van der Waals surface area contributed by atoms with E-state index in [0.29, 0.717) is 17.8 Å². The number of carbonyl (C=O) groups excluding carboxylic acids is 1. The van der Waals surface area contributed by atoms with Gasteiger partial charge in [0.15, 0.2) is 0 Å². The molecule has 2 rings (SSSR count). The second kappa shape index (κ2) is 6.15. The number of hydrogen-bond acceptors (Lipinski definition) is 4. The molecule has 106 valence electrons. The Labute approximate surface area is 127 Å². The molecular formula is C14H16ClN3OS. The van der Waals surface area contributed by atoms with E-state index < -0.39 is 0 Å². The zero-order chi connectivity index (χ0) is 14.7. The Bertz CT molecular complexity index is 625. The molecule has 1 amide bonds. The van der Waals surface area contributed by atoms with Gasteiger partial charge in [0.25, 0.3) is 5.91 Å². The van der Waals surface area contributed by atoms with Crippen LogP contribution in [0.1, 0.15) is 15.2 Å². The van der Waals surface area contributed by atoms with Crippen LogP contribution in [0.15, 0.2) is 30.3 Å². The number of nitrogens with zero attached hydrogens (tertiary/aromatic N) is 1. The molecule has 2 aromatic rings. The maximum atomic E-state index is 12.1. The number of nitrogen functional groups attached to an aromatic ring is 1. The van der Waals surface area contributed by atoms with E-state index in [2.05, 4.69) is 5.32 Å². The SMILES string of the molecule is CN(C)C(=O)c1ccc(N)cc1NCc1ccc(Cl)s1. The van der Waals surface area contributed by atoms with E-state index >= 15 is 0 Å². The summed E-state index contributed by atoms with van der Waals surface area (Å²) in [7, 11) is 3.45. The fraction of sp³-hybridized carbons (Fsp3) is 0.214. The Morgan fingerprint density at radius 3 is 2.70 bits per heavy atom. The largest absolute Gasteiger partial charge is 0.399 e. The first kappa shape index (κ1) is 14.7. The lowest BCUT2D eigenvalue weighted by Crippen LogP contribution is -2.23. The smallest absolute Gasteiger partial charge is 0.255 e. The highest BCUT2D eigenvalue weighted by Crippen LogP contribution is 2.25. The quantitative estimate of drug-likeness (QED) is 0.852. The molecule has 0 saturated carbocycles. The van der Waals surface area contributed by atoms with Gasteiger partial charge in [-0.3, -0.25) is 4.79 Å². The van der Waals surface area contributed by atoms with Gasteiger partial charge in [-0.2, -0.15) is 0 Å². The second-order valence-corrected chi connectivity index (χ2v) is 6.36. The molecule has 1 aromatic heterocycles. The number of nitrogens with one attached hydrogen (secondary N) is 1. The summed E-state index contributed by atoms with van der Waals surface area (Å²) in [5.41, 5.74) is 7.74. The van der Waals surface area contributed by atoms with Crippen molar-refractivity contribution in [2.45, 2.75) is 6.54 Å². The van der Waals surface area contributed by atoms with Crippen LogP contribution in [0.5, 0.6) is 0 Å². The third-order valence-corrected chi connectivity index (χ3v) is 3.99. The van der Waals surface area contributed by atoms with E-state index in [0.717, 1.165) is 14.9 Å². The molecule has 1 aromatic carbocycles. The molecule has 0 unspecified atom stereocenters. The van der Waals surface area contributed by atoms with Gasteiger partial charge in [-0.05, 0) is 30.3 Å². The fourth-order valence-electron chi connectivity index (χ4n) is 1.76. The fourth-order valence-corrected chi connectivity index (χ4v) is 2.79. The highest BCUT2D eigenvalue weighted by atomic mass is 35.5. The molecule has 3 N–H and O–H groups in total. The maximum absolute atomic E-state index is 12.1. The minimum atomic E-state index is -0.0586. The van der Waals surface area contributed by atoms with Crippen LogP contribution < -0.4 is 11.1 Å². The molecule has 4 nitrogen and oxygen atoms in total. The number of rotatable bonds is 4. The van der Waals surface area contributed by atoms with E-state index in [4.69, 9.17) is 17.3 Å². The number of carbonyl (C=O) groups is 1. The predicted molar refractivity (Wildman–Crippen MR) is 85.5 cm³/mol. The van der Waals surface area contributed by atoms with Crippen molar-refractivity contribution in [3.05, 3.63) is 45.1 Å². The normalized spacial score (nSPS) is 10.3. The lowest BCUT2D eigenvalue weighted by molar-refractivity contribution is 0.0828. The third-order valence-electron chi connectivity index (χ3n) is 2.76. The van der Waals surface area contributed by atoms with Gasteiger partial charge in [0, 0.05) is 36.9 Å². The number of anilines is 2. The standard InChI is InChI=1S/C14H16ClN3OS/c1-18(2)14(19)11-5-3-9(16)7-12(11)17-8-10-4-6-13(15)20-10/h3-7,17H,8,16H2,1-2H3. The van der Waals surface area contributed by atoms with Gasteiger partial charge in [0.2, 0.25) is 0 Å². The highest BCUT2D eigenvalue weighted by Gasteiger charge is 2.13. The van der Waals surface area contributed by atoms with Gasteiger partial charge >= 0.3 is 0 Å². The second-order valence-electron chi connectivity index (χ2n) is 4.56. The molecule has 0 atom stereocenters. The molecular weight excluding hydrogens is 294 g/mol. The average Bonchev–Trinajstić information content (AvgIpc) is 2.81. The van der Waals surface area contributed by atoms with Crippen molar-refractivity contribution in [3.63, 3.8) is 0 Å². The molecule has 0 aliphatic carbocycles. The molecule has 6 heteroatoms. The van der Waals surface area contributed by atoms with Crippen molar-refractivity contribution >= 4 is 40.2 Å². The van der Waals surface area contributed by atoms with E-state index in [-0.39, 0.29) is 5.91 Å². The first-order valence-electron chi connectivity index (χ1n) is 6.06. The van der Waals surface area contributed by atoms with Crippen molar-refractivity contribution in [1.82, 2.24) is 4.90 Å². The summed E-state index contributed by atoms with van der Waals surface area (Å²) in [6.07, 6.45) is 0. The first-order valence-corrected chi connectivity index (χ1v) is 7.26. The molecule has 0 saturated heterocycles. The van der Waals surface area contributed by atoms with Gasteiger partial charge in [-0.1, -0.05) is 11.6 Å². The monoisotopic (exact) mass is 309 g/mol. The minimum absolute atomic E-state index is 0.0586. The van der Waals surface area contributed by atoms with E-state index in [9.17, 15) is 4.79 Å².